The Morgan fingerprint density at radius 3 is 2.32 bits per heavy atom. The van der Waals surface area contributed by atoms with Crippen LogP contribution in [-0.2, 0) is 17.6 Å². The van der Waals surface area contributed by atoms with Crippen LogP contribution in [0, 0.1) is 0 Å². The molecule has 0 spiro atoms. The Hall–Kier alpha value is -0.320. The molecule has 1 aromatic carbocycles. The summed E-state index contributed by atoms with van der Waals surface area (Å²) in [6, 6.07) is 6.41. The monoisotopic (exact) mass is 399 g/mol. The number of halogens is 1. The molecule has 25 heavy (non-hydrogen) atoms. The van der Waals surface area contributed by atoms with Gasteiger partial charge in [0.1, 0.15) is 5.38 Å². The van der Waals surface area contributed by atoms with Crippen molar-refractivity contribution in [1.82, 2.24) is 0 Å². The second-order valence-corrected chi connectivity index (χ2v) is 9.81. The zero-order chi connectivity index (χ0) is 18.2. The molecule has 0 saturated carbocycles. The Labute approximate surface area is 166 Å². The summed E-state index contributed by atoms with van der Waals surface area (Å²) in [6.07, 6.45) is 4.78. The van der Waals surface area contributed by atoms with Crippen molar-refractivity contribution in [2.24, 2.45) is 0 Å². The van der Waals surface area contributed by atoms with Crippen LogP contribution in [0.3, 0.4) is 0 Å². The van der Waals surface area contributed by atoms with Gasteiger partial charge < -0.3 is 4.90 Å². The number of carbonyl (C=O) groups is 1. The van der Waals surface area contributed by atoms with Crippen LogP contribution in [0.5, 0.6) is 0 Å². The van der Waals surface area contributed by atoms with Crippen LogP contribution in [0.25, 0.3) is 0 Å². The van der Waals surface area contributed by atoms with Crippen LogP contribution >= 0.6 is 35.1 Å². The number of thioether (sulfide) groups is 2. The molecule has 140 valence electrons. The van der Waals surface area contributed by atoms with Gasteiger partial charge in [-0.2, -0.15) is 0 Å². The van der Waals surface area contributed by atoms with Crippen LogP contribution < -0.4 is 4.90 Å². The van der Waals surface area contributed by atoms with Crippen LogP contribution in [0.15, 0.2) is 18.2 Å². The minimum atomic E-state index is -0.432. The molecule has 2 rings (SSSR count). The second kappa shape index (κ2) is 10.7. The molecule has 0 aliphatic carbocycles. The molecule has 1 atom stereocenters. The van der Waals surface area contributed by atoms with Gasteiger partial charge in [0.2, 0.25) is 5.91 Å². The SMILES string of the molecule is CCCC(Cl)C(=O)N(CC1SCCCS1)c1c(CC)cccc1CC. The van der Waals surface area contributed by atoms with Crippen molar-refractivity contribution in [3.05, 3.63) is 29.3 Å². The van der Waals surface area contributed by atoms with E-state index in [9.17, 15) is 4.79 Å². The highest BCUT2D eigenvalue weighted by Gasteiger charge is 2.29. The van der Waals surface area contributed by atoms with Crippen LogP contribution in [0.1, 0.15) is 51.2 Å². The number of benzene rings is 1. The van der Waals surface area contributed by atoms with E-state index in [-0.39, 0.29) is 5.91 Å². The minimum Gasteiger partial charge on any atom is -0.309 e. The molecule has 1 saturated heterocycles. The number of hydrogen-bond donors (Lipinski definition) is 0. The summed E-state index contributed by atoms with van der Waals surface area (Å²) in [5.41, 5.74) is 3.61. The average Bonchev–Trinajstić information content (AvgIpc) is 2.66. The van der Waals surface area contributed by atoms with Gasteiger partial charge in [-0.15, -0.1) is 35.1 Å². The standard InChI is InChI=1S/C20H30ClNOS2/c1-4-9-17(21)20(23)22(14-18-24-12-8-13-25-18)19-15(5-2)10-7-11-16(19)6-3/h7,10-11,17-18H,4-6,8-9,12-14H2,1-3H3. The van der Waals surface area contributed by atoms with Gasteiger partial charge in [0.25, 0.3) is 0 Å². The average molecular weight is 400 g/mol. The Kier molecular flexibility index (Phi) is 9.01. The quantitative estimate of drug-likeness (QED) is 0.519. The summed E-state index contributed by atoms with van der Waals surface area (Å²) in [4.78, 5) is 15.2. The smallest absolute Gasteiger partial charge is 0.245 e. The highest BCUT2D eigenvalue weighted by atomic mass is 35.5. The van der Waals surface area contributed by atoms with Crippen molar-refractivity contribution in [2.75, 3.05) is 23.0 Å². The predicted octanol–water partition coefficient (Wildman–Crippen LogP) is 5.75. The van der Waals surface area contributed by atoms with Gasteiger partial charge >= 0.3 is 0 Å². The van der Waals surface area contributed by atoms with Gasteiger partial charge in [0.05, 0.1) is 10.3 Å². The van der Waals surface area contributed by atoms with E-state index in [1.54, 1.807) is 0 Å². The number of aryl methyl sites for hydroxylation is 2. The third kappa shape index (κ3) is 5.58. The highest BCUT2D eigenvalue weighted by molar-refractivity contribution is 8.17. The molecule has 1 unspecified atom stereocenters. The lowest BCUT2D eigenvalue weighted by atomic mass is 10.0. The highest BCUT2D eigenvalue weighted by Crippen LogP contribution is 2.35. The summed E-state index contributed by atoms with van der Waals surface area (Å²) in [7, 11) is 0. The van der Waals surface area contributed by atoms with E-state index in [0.717, 1.165) is 37.9 Å². The Balaban J connectivity index is 2.38. The maximum Gasteiger partial charge on any atom is 0.245 e. The van der Waals surface area contributed by atoms with Crippen molar-refractivity contribution >= 4 is 46.7 Å². The molecule has 1 aliphatic rings. The first-order valence-electron chi connectivity index (χ1n) is 9.41. The summed E-state index contributed by atoms with van der Waals surface area (Å²) < 4.78 is 0.442. The summed E-state index contributed by atoms with van der Waals surface area (Å²) in [5.74, 6) is 2.45. The molecule has 1 aliphatic heterocycles. The maximum absolute atomic E-state index is 13.2. The van der Waals surface area contributed by atoms with Crippen LogP contribution in [-0.4, -0.2) is 33.9 Å². The number of rotatable bonds is 8. The van der Waals surface area contributed by atoms with Crippen molar-refractivity contribution in [3.8, 4) is 0 Å². The fourth-order valence-electron chi connectivity index (χ4n) is 3.19. The second-order valence-electron chi connectivity index (χ2n) is 6.36. The molecule has 1 aromatic rings. The van der Waals surface area contributed by atoms with E-state index in [4.69, 9.17) is 11.6 Å². The number of para-hydroxylation sites is 1. The third-order valence-corrected chi connectivity index (χ3v) is 7.85. The lowest BCUT2D eigenvalue weighted by molar-refractivity contribution is -0.118. The van der Waals surface area contributed by atoms with E-state index in [0.29, 0.717) is 4.58 Å². The topological polar surface area (TPSA) is 20.3 Å². The minimum absolute atomic E-state index is 0.0749. The molecule has 0 N–H and O–H groups in total. The predicted molar refractivity (Wildman–Crippen MR) is 115 cm³/mol. The van der Waals surface area contributed by atoms with Crippen molar-refractivity contribution in [3.63, 3.8) is 0 Å². The van der Waals surface area contributed by atoms with Gasteiger partial charge in [-0.1, -0.05) is 45.4 Å². The fraction of sp³-hybridized carbons (Fsp3) is 0.650. The molecule has 5 heteroatoms. The van der Waals surface area contributed by atoms with E-state index in [2.05, 4.69) is 39.0 Å². The first kappa shape index (κ1) is 21.0. The number of carbonyl (C=O) groups excluding carboxylic acids is 1. The molecule has 1 amide bonds. The van der Waals surface area contributed by atoms with Gasteiger partial charge in [-0.25, -0.2) is 0 Å². The van der Waals surface area contributed by atoms with E-state index >= 15 is 0 Å². The van der Waals surface area contributed by atoms with Crippen molar-refractivity contribution in [1.29, 1.82) is 0 Å². The lowest BCUT2D eigenvalue weighted by Gasteiger charge is -2.33. The summed E-state index contributed by atoms with van der Waals surface area (Å²) in [5, 5.41) is -0.432. The van der Waals surface area contributed by atoms with Gasteiger partial charge in [0, 0.05) is 6.54 Å². The first-order chi connectivity index (χ1) is 12.1. The molecule has 1 heterocycles. The van der Waals surface area contributed by atoms with E-state index < -0.39 is 5.38 Å². The van der Waals surface area contributed by atoms with Gasteiger partial charge in [-0.05, 0) is 48.3 Å². The lowest BCUT2D eigenvalue weighted by Crippen LogP contribution is -2.42. The van der Waals surface area contributed by atoms with E-state index in [1.807, 2.05) is 28.4 Å². The normalized spacial score (nSPS) is 16.6. The first-order valence-corrected chi connectivity index (χ1v) is 11.9. The number of hydrogen-bond acceptors (Lipinski definition) is 3. The zero-order valence-electron chi connectivity index (χ0n) is 15.6. The maximum atomic E-state index is 13.2. The Morgan fingerprint density at radius 2 is 1.80 bits per heavy atom. The van der Waals surface area contributed by atoms with Crippen LogP contribution in [0.2, 0.25) is 0 Å². The molecular formula is C20H30ClNOS2. The number of nitrogens with zero attached hydrogens (tertiary/aromatic N) is 1. The Morgan fingerprint density at radius 1 is 1.20 bits per heavy atom. The molecular weight excluding hydrogens is 370 g/mol. The summed E-state index contributed by atoms with van der Waals surface area (Å²) >= 11 is 10.4. The molecule has 0 aromatic heterocycles. The fourth-order valence-corrected chi connectivity index (χ4v) is 6.33. The van der Waals surface area contributed by atoms with E-state index in [1.165, 1.54) is 29.1 Å². The van der Waals surface area contributed by atoms with Crippen molar-refractivity contribution in [2.45, 2.75) is 62.8 Å². The Bertz CT molecular complexity index is 538. The molecule has 0 bridgehead atoms. The molecule has 1 fully saturated rings. The van der Waals surface area contributed by atoms with Crippen LogP contribution in [0.4, 0.5) is 5.69 Å². The third-order valence-electron chi connectivity index (χ3n) is 4.54. The largest absolute Gasteiger partial charge is 0.309 e. The molecule has 2 nitrogen and oxygen atoms in total. The van der Waals surface area contributed by atoms with Gasteiger partial charge in [-0.3, -0.25) is 4.79 Å². The van der Waals surface area contributed by atoms with Gasteiger partial charge in [0.15, 0.2) is 0 Å². The summed E-state index contributed by atoms with van der Waals surface area (Å²) in [6.45, 7) is 7.16. The zero-order valence-corrected chi connectivity index (χ0v) is 18.0. The number of anilines is 1. The molecule has 0 radical (unpaired) electrons. The number of alkyl halides is 1. The van der Waals surface area contributed by atoms with Crippen molar-refractivity contribution < 1.29 is 4.79 Å². The number of amides is 1.